The summed E-state index contributed by atoms with van der Waals surface area (Å²) in [6.45, 7) is 2.06. The Hall–Kier alpha value is -1.91. The van der Waals surface area contributed by atoms with Crippen LogP contribution in [0.4, 0.5) is 0 Å². The standard InChI is InChI=1S/C15H19N3O/c1-11-6-7-15(19-2)12(9-11)10-14(18-16)13-5-3-4-8-17-13/h3-9,14,18H,10,16H2,1-2H3. The average molecular weight is 257 g/mol. The van der Waals surface area contributed by atoms with Gasteiger partial charge in [0.1, 0.15) is 5.75 Å². The van der Waals surface area contributed by atoms with Gasteiger partial charge in [0.2, 0.25) is 0 Å². The van der Waals surface area contributed by atoms with E-state index in [9.17, 15) is 0 Å². The second-order valence-corrected chi connectivity index (χ2v) is 4.49. The molecule has 1 unspecified atom stereocenters. The summed E-state index contributed by atoms with van der Waals surface area (Å²) in [7, 11) is 1.68. The van der Waals surface area contributed by atoms with Crippen molar-refractivity contribution >= 4 is 0 Å². The van der Waals surface area contributed by atoms with Gasteiger partial charge in [-0.15, -0.1) is 0 Å². The highest BCUT2D eigenvalue weighted by molar-refractivity contribution is 5.38. The fourth-order valence-corrected chi connectivity index (χ4v) is 2.12. The van der Waals surface area contributed by atoms with Crippen molar-refractivity contribution in [3.63, 3.8) is 0 Å². The van der Waals surface area contributed by atoms with Crippen LogP contribution in [0.25, 0.3) is 0 Å². The van der Waals surface area contributed by atoms with E-state index in [4.69, 9.17) is 10.6 Å². The van der Waals surface area contributed by atoms with Crippen LogP contribution < -0.4 is 16.0 Å². The van der Waals surface area contributed by atoms with E-state index >= 15 is 0 Å². The van der Waals surface area contributed by atoms with Crippen LogP contribution in [-0.2, 0) is 6.42 Å². The number of aryl methyl sites for hydroxylation is 1. The molecule has 0 aliphatic carbocycles. The van der Waals surface area contributed by atoms with Crippen LogP contribution in [0.15, 0.2) is 42.6 Å². The van der Waals surface area contributed by atoms with Crippen LogP contribution >= 0.6 is 0 Å². The van der Waals surface area contributed by atoms with Crippen LogP contribution in [-0.4, -0.2) is 12.1 Å². The van der Waals surface area contributed by atoms with Crippen molar-refractivity contribution in [2.24, 2.45) is 5.84 Å². The number of nitrogens with zero attached hydrogens (tertiary/aromatic N) is 1. The molecule has 19 heavy (non-hydrogen) atoms. The van der Waals surface area contributed by atoms with Gasteiger partial charge in [0, 0.05) is 6.20 Å². The molecule has 4 nitrogen and oxygen atoms in total. The number of ether oxygens (including phenoxy) is 1. The summed E-state index contributed by atoms with van der Waals surface area (Å²) in [6, 6.07) is 11.9. The van der Waals surface area contributed by atoms with Gasteiger partial charge in [-0.25, -0.2) is 0 Å². The Kier molecular flexibility index (Phi) is 4.49. The predicted molar refractivity (Wildman–Crippen MR) is 75.7 cm³/mol. The second-order valence-electron chi connectivity index (χ2n) is 4.49. The number of rotatable bonds is 5. The lowest BCUT2D eigenvalue weighted by atomic mass is 10.0. The molecule has 0 bridgehead atoms. The Morgan fingerprint density at radius 1 is 1.32 bits per heavy atom. The third-order valence-corrected chi connectivity index (χ3v) is 3.11. The molecule has 0 fully saturated rings. The van der Waals surface area contributed by atoms with Crippen molar-refractivity contribution in [2.45, 2.75) is 19.4 Å². The second kappa shape index (κ2) is 6.31. The first-order chi connectivity index (χ1) is 9.24. The average Bonchev–Trinajstić information content (AvgIpc) is 2.46. The minimum Gasteiger partial charge on any atom is -0.496 e. The Morgan fingerprint density at radius 2 is 2.16 bits per heavy atom. The van der Waals surface area contributed by atoms with Crippen molar-refractivity contribution in [1.29, 1.82) is 0 Å². The van der Waals surface area contributed by atoms with Gasteiger partial charge in [0.05, 0.1) is 18.8 Å². The zero-order valence-corrected chi connectivity index (χ0v) is 11.3. The van der Waals surface area contributed by atoms with Gasteiger partial charge in [-0.1, -0.05) is 23.8 Å². The lowest BCUT2D eigenvalue weighted by Crippen LogP contribution is -2.30. The van der Waals surface area contributed by atoms with Gasteiger partial charge >= 0.3 is 0 Å². The normalized spacial score (nSPS) is 12.2. The minimum absolute atomic E-state index is 0.0306. The molecule has 0 radical (unpaired) electrons. The van der Waals surface area contributed by atoms with Crippen molar-refractivity contribution in [1.82, 2.24) is 10.4 Å². The molecule has 1 aromatic heterocycles. The molecule has 4 heteroatoms. The molecule has 1 atom stereocenters. The van der Waals surface area contributed by atoms with Crippen molar-refractivity contribution < 1.29 is 4.74 Å². The minimum atomic E-state index is -0.0306. The van der Waals surface area contributed by atoms with E-state index in [1.54, 1.807) is 13.3 Å². The Labute approximate surface area is 113 Å². The molecule has 0 aliphatic rings. The molecular weight excluding hydrogens is 238 g/mol. The molecule has 1 aromatic carbocycles. The smallest absolute Gasteiger partial charge is 0.122 e. The van der Waals surface area contributed by atoms with Crippen molar-refractivity contribution in [3.8, 4) is 5.75 Å². The monoisotopic (exact) mass is 257 g/mol. The highest BCUT2D eigenvalue weighted by atomic mass is 16.5. The number of methoxy groups -OCH3 is 1. The summed E-state index contributed by atoms with van der Waals surface area (Å²) in [6.07, 6.45) is 2.51. The molecule has 3 N–H and O–H groups in total. The summed E-state index contributed by atoms with van der Waals surface area (Å²) in [5.41, 5.74) is 6.07. The molecule has 0 amide bonds. The van der Waals surface area contributed by atoms with Gasteiger partial charge < -0.3 is 4.74 Å². The molecule has 100 valence electrons. The number of pyridine rings is 1. The maximum Gasteiger partial charge on any atom is 0.122 e. The number of hydrogen-bond acceptors (Lipinski definition) is 4. The van der Waals surface area contributed by atoms with Gasteiger partial charge in [-0.3, -0.25) is 16.3 Å². The Balaban J connectivity index is 2.26. The van der Waals surface area contributed by atoms with Crippen LogP contribution in [0.5, 0.6) is 5.75 Å². The lowest BCUT2D eigenvalue weighted by molar-refractivity contribution is 0.405. The summed E-state index contributed by atoms with van der Waals surface area (Å²) in [5.74, 6) is 6.53. The number of aromatic nitrogens is 1. The summed E-state index contributed by atoms with van der Waals surface area (Å²) in [4.78, 5) is 4.34. The van der Waals surface area contributed by atoms with E-state index in [1.807, 2.05) is 30.3 Å². The van der Waals surface area contributed by atoms with Crippen molar-refractivity contribution in [3.05, 3.63) is 59.4 Å². The molecule has 2 rings (SSSR count). The van der Waals surface area contributed by atoms with E-state index in [-0.39, 0.29) is 6.04 Å². The molecule has 0 aliphatic heterocycles. The summed E-state index contributed by atoms with van der Waals surface area (Å²) in [5, 5.41) is 0. The van der Waals surface area contributed by atoms with E-state index < -0.39 is 0 Å². The molecule has 0 saturated heterocycles. The van der Waals surface area contributed by atoms with Crippen molar-refractivity contribution in [2.75, 3.05) is 7.11 Å². The Morgan fingerprint density at radius 3 is 2.79 bits per heavy atom. The van der Waals surface area contributed by atoms with Crippen LogP contribution in [0, 0.1) is 6.92 Å². The number of hydrazine groups is 1. The first kappa shape index (κ1) is 13.5. The maximum atomic E-state index is 5.65. The van der Waals surface area contributed by atoms with E-state index in [1.165, 1.54) is 5.56 Å². The number of nitrogens with one attached hydrogen (secondary N) is 1. The molecule has 2 aromatic rings. The van der Waals surface area contributed by atoms with Crippen LogP contribution in [0.2, 0.25) is 0 Å². The van der Waals surface area contributed by atoms with Gasteiger partial charge in [-0.2, -0.15) is 0 Å². The molecule has 1 heterocycles. The van der Waals surface area contributed by atoms with E-state index in [2.05, 4.69) is 23.4 Å². The number of nitrogens with two attached hydrogens (primary N) is 1. The van der Waals surface area contributed by atoms with Crippen LogP contribution in [0.1, 0.15) is 22.9 Å². The zero-order valence-electron chi connectivity index (χ0n) is 11.3. The molecule has 0 saturated carbocycles. The third kappa shape index (κ3) is 3.30. The van der Waals surface area contributed by atoms with Gasteiger partial charge in [-0.05, 0) is 37.1 Å². The van der Waals surface area contributed by atoms with Gasteiger partial charge in [0.25, 0.3) is 0 Å². The quantitative estimate of drug-likeness (QED) is 0.636. The summed E-state index contributed by atoms with van der Waals surface area (Å²) < 4.78 is 5.39. The third-order valence-electron chi connectivity index (χ3n) is 3.11. The zero-order chi connectivity index (χ0) is 13.7. The van der Waals surface area contributed by atoms with E-state index in [0.717, 1.165) is 23.4 Å². The summed E-state index contributed by atoms with van der Waals surface area (Å²) >= 11 is 0. The fourth-order valence-electron chi connectivity index (χ4n) is 2.12. The SMILES string of the molecule is COc1ccc(C)cc1CC(NN)c1ccccn1. The number of benzene rings is 1. The van der Waals surface area contributed by atoms with Crippen LogP contribution in [0.3, 0.4) is 0 Å². The largest absolute Gasteiger partial charge is 0.496 e. The highest BCUT2D eigenvalue weighted by Gasteiger charge is 2.14. The maximum absolute atomic E-state index is 5.65. The highest BCUT2D eigenvalue weighted by Crippen LogP contribution is 2.25. The van der Waals surface area contributed by atoms with E-state index in [0.29, 0.717) is 0 Å². The fraction of sp³-hybridized carbons (Fsp3) is 0.267. The first-order valence-electron chi connectivity index (χ1n) is 6.25. The topological polar surface area (TPSA) is 60.2 Å². The first-order valence-corrected chi connectivity index (χ1v) is 6.25. The number of hydrogen-bond donors (Lipinski definition) is 2. The Bertz CT molecular complexity index is 528. The molecule has 0 spiro atoms. The lowest BCUT2D eigenvalue weighted by Gasteiger charge is -2.17. The van der Waals surface area contributed by atoms with Gasteiger partial charge in [0.15, 0.2) is 0 Å². The molecular formula is C15H19N3O. The predicted octanol–water partition coefficient (Wildman–Crippen LogP) is 2.15.